The Kier molecular flexibility index (Phi) is 7.16. The van der Waals surface area contributed by atoms with Crippen LogP contribution in [0.4, 0.5) is 11.5 Å². The number of non-ortho nitro benzene ring substituents is 1. The smallest absolute Gasteiger partial charge is 0.269 e. The van der Waals surface area contributed by atoms with Gasteiger partial charge in [-0.05, 0) is 24.1 Å². The first-order valence-corrected chi connectivity index (χ1v) is 14.6. The van der Waals surface area contributed by atoms with Crippen LogP contribution in [0.1, 0.15) is 17.8 Å². The molecule has 0 bridgehead atoms. The van der Waals surface area contributed by atoms with Gasteiger partial charge in [0.25, 0.3) is 11.4 Å². The average Bonchev–Trinajstić information content (AvgIpc) is 3.25. The maximum Gasteiger partial charge on any atom is 0.269 e. The van der Waals surface area contributed by atoms with Gasteiger partial charge in [0.1, 0.15) is 22.7 Å². The standard InChI is InChI=1S/C29H26N6O5S/c36-35(37)23-12-14-24(15-13-23)41(38,39)34-17-7-16-33(18-19-34)28-26-27(22-10-5-2-6-11-22)32-40-29(26)31-25(30-28)20-21-8-3-1-4-9-21/h1-6,8-15H,7,16-20H2. The number of nitro groups is 1. The molecular weight excluding hydrogens is 544 g/mol. The molecule has 0 spiro atoms. The molecule has 0 N–H and O–H groups in total. The summed E-state index contributed by atoms with van der Waals surface area (Å²) in [4.78, 5) is 22.2. The van der Waals surface area contributed by atoms with Crippen molar-refractivity contribution in [1.82, 2.24) is 19.4 Å². The fraction of sp³-hybridized carbons (Fsp3) is 0.207. The molecule has 208 valence electrons. The molecule has 5 aromatic rings. The van der Waals surface area contributed by atoms with Gasteiger partial charge in [0.05, 0.1) is 9.82 Å². The minimum atomic E-state index is -3.84. The van der Waals surface area contributed by atoms with Crippen molar-refractivity contribution in [3.8, 4) is 11.3 Å². The first-order valence-electron chi connectivity index (χ1n) is 13.2. The van der Waals surface area contributed by atoms with Crippen molar-refractivity contribution in [2.75, 3.05) is 31.1 Å². The molecule has 1 aliphatic rings. The van der Waals surface area contributed by atoms with Gasteiger partial charge in [-0.3, -0.25) is 10.1 Å². The van der Waals surface area contributed by atoms with Crippen molar-refractivity contribution in [3.05, 3.63) is 106 Å². The monoisotopic (exact) mass is 570 g/mol. The zero-order valence-electron chi connectivity index (χ0n) is 22.0. The van der Waals surface area contributed by atoms with Gasteiger partial charge in [0.15, 0.2) is 0 Å². The van der Waals surface area contributed by atoms with Crippen LogP contribution in [0.25, 0.3) is 22.4 Å². The molecule has 11 nitrogen and oxygen atoms in total. The number of benzene rings is 3. The van der Waals surface area contributed by atoms with Crippen molar-refractivity contribution < 1.29 is 17.9 Å². The topological polar surface area (TPSA) is 136 Å². The highest BCUT2D eigenvalue weighted by atomic mass is 32.2. The molecule has 1 saturated heterocycles. The minimum Gasteiger partial charge on any atom is -0.354 e. The summed E-state index contributed by atoms with van der Waals surface area (Å²) in [5, 5.41) is 16.0. The fourth-order valence-corrected chi connectivity index (χ4v) is 6.46. The predicted octanol–water partition coefficient (Wildman–Crippen LogP) is 4.68. The Bertz CT molecular complexity index is 1790. The molecule has 0 unspecified atom stereocenters. The van der Waals surface area contributed by atoms with Gasteiger partial charge >= 0.3 is 0 Å². The highest BCUT2D eigenvalue weighted by molar-refractivity contribution is 7.89. The number of nitrogens with zero attached hydrogens (tertiary/aromatic N) is 6. The molecule has 0 radical (unpaired) electrons. The van der Waals surface area contributed by atoms with E-state index in [2.05, 4.69) is 15.0 Å². The zero-order valence-corrected chi connectivity index (χ0v) is 22.8. The average molecular weight is 571 g/mol. The number of hydrogen-bond acceptors (Lipinski definition) is 9. The number of sulfonamides is 1. The molecule has 3 heterocycles. The van der Waals surface area contributed by atoms with E-state index in [4.69, 9.17) is 9.51 Å². The highest BCUT2D eigenvalue weighted by Crippen LogP contribution is 2.34. The summed E-state index contributed by atoms with van der Waals surface area (Å²) in [5.41, 5.74) is 2.76. The Hall–Kier alpha value is -4.68. The number of aromatic nitrogens is 3. The van der Waals surface area contributed by atoms with E-state index in [1.807, 2.05) is 60.7 Å². The van der Waals surface area contributed by atoms with E-state index in [0.29, 0.717) is 60.9 Å². The van der Waals surface area contributed by atoms with Crippen LogP contribution in [0, 0.1) is 10.1 Å². The van der Waals surface area contributed by atoms with E-state index in [0.717, 1.165) is 11.1 Å². The van der Waals surface area contributed by atoms with E-state index in [1.165, 1.54) is 28.6 Å². The van der Waals surface area contributed by atoms with Crippen molar-refractivity contribution in [1.29, 1.82) is 0 Å². The Morgan fingerprint density at radius 1 is 0.854 bits per heavy atom. The van der Waals surface area contributed by atoms with Crippen molar-refractivity contribution in [3.63, 3.8) is 0 Å². The molecule has 41 heavy (non-hydrogen) atoms. The Balaban J connectivity index is 1.34. The summed E-state index contributed by atoms with van der Waals surface area (Å²) in [7, 11) is -3.84. The summed E-state index contributed by atoms with van der Waals surface area (Å²) >= 11 is 0. The number of anilines is 1. The van der Waals surface area contributed by atoms with Crippen LogP contribution in [0.3, 0.4) is 0 Å². The zero-order chi connectivity index (χ0) is 28.4. The summed E-state index contributed by atoms with van der Waals surface area (Å²) in [5.74, 6) is 1.23. The van der Waals surface area contributed by atoms with E-state index in [1.54, 1.807) is 0 Å². The van der Waals surface area contributed by atoms with Crippen molar-refractivity contribution in [2.45, 2.75) is 17.7 Å². The summed E-state index contributed by atoms with van der Waals surface area (Å²) in [6, 6.07) is 24.5. The van der Waals surface area contributed by atoms with E-state index >= 15 is 0 Å². The van der Waals surface area contributed by atoms with Crippen LogP contribution < -0.4 is 4.90 Å². The lowest BCUT2D eigenvalue weighted by Gasteiger charge is -2.23. The van der Waals surface area contributed by atoms with Crippen LogP contribution >= 0.6 is 0 Å². The third kappa shape index (κ3) is 5.39. The maximum absolute atomic E-state index is 13.4. The number of nitro benzene ring substituents is 1. The third-order valence-electron chi connectivity index (χ3n) is 7.06. The summed E-state index contributed by atoms with van der Waals surface area (Å²) in [6.45, 7) is 1.45. The second-order valence-electron chi connectivity index (χ2n) is 9.70. The molecular formula is C29H26N6O5S. The van der Waals surface area contributed by atoms with Crippen molar-refractivity contribution in [2.24, 2.45) is 0 Å². The lowest BCUT2D eigenvalue weighted by atomic mass is 10.1. The summed E-state index contributed by atoms with van der Waals surface area (Å²) < 4.78 is 34.0. The molecule has 3 aromatic carbocycles. The molecule has 0 saturated carbocycles. The maximum atomic E-state index is 13.4. The van der Waals surface area contributed by atoms with Crippen LogP contribution in [-0.4, -0.2) is 58.9 Å². The molecule has 12 heteroatoms. The van der Waals surface area contributed by atoms with Gasteiger partial charge in [-0.25, -0.2) is 13.4 Å². The normalized spacial score (nSPS) is 14.7. The molecule has 6 rings (SSSR count). The molecule has 0 aliphatic carbocycles. The number of fused-ring (bicyclic) bond motifs is 1. The fourth-order valence-electron chi connectivity index (χ4n) is 4.99. The van der Waals surface area contributed by atoms with Crippen LogP contribution in [0.15, 0.2) is 94.3 Å². The van der Waals surface area contributed by atoms with Gasteiger partial charge in [0.2, 0.25) is 10.0 Å². The third-order valence-corrected chi connectivity index (χ3v) is 8.97. The molecule has 1 fully saturated rings. The molecule has 0 amide bonds. The first-order chi connectivity index (χ1) is 19.9. The molecule has 0 atom stereocenters. The Morgan fingerprint density at radius 3 is 2.27 bits per heavy atom. The summed E-state index contributed by atoms with van der Waals surface area (Å²) in [6.07, 6.45) is 1.05. The second-order valence-corrected chi connectivity index (χ2v) is 11.6. The quantitative estimate of drug-likeness (QED) is 0.202. The SMILES string of the molecule is O=[N+]([O-])c1ccc(S(=O)(=O)N2CCCN(c3nc(Cc4ccccc4)nc4onc(-c5ccccc5)c34)CC2)cc1. The minimum absolute atomic E-state index is 0.0246. The van der Waals surface area contributed by atoms with Crippen LogP contribution in [0.5, 0.6) is 0 Å². The van der Waals surface area contributed by atoms with Crippen LogP contribution in [-0.2, 0) is 16.4 Å². The second kappa shape index (κ2) is 11.1. The lowest BCUT2D eigenvalue weighted by Crippen LogP contribution is -2.35. The largest absolute Gasteiger partial charge is 0.354 e. The van der Waals surface area contributed by atoms with Crippen molar-refractivity contribution >= 4 is 32.6 Å². The van der Waals surface area contributed by atoms with E-state index in [9.17, 15) is 18.5 Å². The van der Waals surface area contributed by atoms with E-state index in [-0.39, 0.29) is 17.1 Å². The van der Waals surface area contributed by atoms with Gasteiger partial charge < -0.3 is 9.42 Å². The Labute approximate surface area is 236 Å². The Morgan fingerprint density at radius 2 is 1.56 bits per heavy atom. The highest BCUT2D eigenvalue weighted by Gasteiger charge is 2.30. The van der Waals surface area contributed by atoms with E-state index < -0.39 is 14.9 Å². The number of rotatable bonds is 7. The van der Waals surface area contributed by atoms with Gasteiger partial charge in [0, 0.05) is 50.3 Å². The van der Waals surface area contributed by atoms with Gasteiger partial charge in [-0.1, -0.05) is 65.8 Å². The van der Waals surface area contributed by atoms with Gasteiger partial charge in [-0.15, -0.1) is 0 Å². The van der Waals surface area contributed by atoms with Crippen LogP contribution in [0.2, 0.25) is 0 Å². The molecule has 2 aromatic heterocycles. The number of hydrogen-bond donors (Lipinski definition) is 0. The first kappa shape index (κ1) is 26.5. The molecule has 1 aliphatic heterocycles. The lowest BCUT2D eigenvalue weighted by molar-refractivity contribution is -0.384. The van der Waals surface area contributed by atoms with Gasteiger partial charge in [-0.2, -0.15) is 9.29 Å². The predicted molar refractivity (Wildman–Crippen MR) is 153 cm³/mol.